The molecule has 28 heavy (non-hydrogen) atoms. The van der Waals surface area contributed by atoms with Gasteiger partial charge in [0.1, 0.15) is 17.3 Å². The second-order valence-electron chi connectivity index (χ2n) is 6.66. The minimum Gasteiger partial charge on any atom is -0.484 e. The van der Waals surface area contributed by atoms with Crippen LogP contribution in [-0.2, 0) is 4.79 Å². The quantitative estimate of drug-likeness (QED) is 0.828. The summed E-state index contributed by atoms with van der Waals surface area (Å²) in [6, 6.07) is 14.5. The van der Waals surface area contributed by atoms with Gasteiger partial charge in [0.05, 0.1) is 0 Å². The molecule has 0 spiro atoms. The summed E-state index contributed by atoms with van der Waals surface area (Å²) >= 11 is 0. The molecule has 2 aromatic carbocycles. The number of hydrogen-bond donors (Lipinski definition) is 1. The molecule has 1 aliphatic heterocycles. The first-order chi connectivity index (χ1) is 13.6. The van der Waals surface area contributed by atoms with Gasteiger partial charge in [-0.15, -0.1) is 0 Å². The van der Waals surface area contributed by atoms with E-state index in [1.807, 2.05) is 18.2 Å². The van der Waals surface area contributed by atoms with E-state index in [1.54, 1.807) is 17.0 Å². The minimum absolute atomic E-state index is 0.117. The zero-order valence-electron chi connectivity index (χ0n) is 15.5. The first-order valence-electron chi connectivity index (χ1n) is 9.27. The van der Waals surface area contributed by atoms with Crippen LogP contribution in [0, 0.1) is 11.7 Å². The van der Waals surface area contributed by atoms with Crippen LogP contribution in [0.15, 0.2) is 54.6 Å². The maximum atomic E-state index is 12.8. The number of benzene rings is 2. The molecule has 1 fully saturated rings. The Morgan fingerprint density at radius 2 is 1.68 bits per heavy atom. The Morgan fingerprint density at radius 1 is 1.00 bits per heavy atom. The molecule has 148 valence electrons. The van der Waals surface area contributed by atoms with Gasteiger partial charge in [-0.2, -0.15) is 0 Å². The zero-order valence-corrected chi connectivity index (χ0v) is 15.5. The number of carbonyl (C=O) groups is 2. The van der Waals surface area contributed by atoms with Crippen LogP contribution in [0.1, 0.15) is 12.8 Å². The van der Waals surface area contributed by atoms with Gasteiger partial charge in [0.15, 0.2) is 6.61 Å². The lowest BCUT2D eigenvalue weighted by molar-refractivity contribution is -0.123. The van der Waals surface area contributed by atoms with Crippen LogP contribution in [0.3, 0.4) is 0 Å². The Hall–Kier alpha value is -3.09. The highest BCUT2D eigenvalue weighted by Crippen LogP contribution is 2.18. The van der Waals surface area contributed by atoms with Crippen molar-refractivity contribution < 1.29 is 23.5 Å². The van der Waals surface area contributed by atoms with Gasteiger partial charge in [0.2, 0.25) is 0 Å². The summed E-state index contributed by atoms with van der Waals surface area (Å²) in [5, 5.41) is 2.85. The van der Waals surface area contributed by atoms with E-state index in [9.17, 15) is 14.0 Å². The maximum Gasteiger partial charge on any atom is 0.415 e. The third-order valence-electron chi connectivity index (χ3n) is 4.59. The standard InChI is InChI=1S/C21H23FN2O4/c22-17-6-8-18(9-7-17)27-15-20(25)23-14-16-10-12-24(13-11-16)21(26)28-19-4-2-1-3-5-19/h1-9,16H,10-15H2,(H,23,25). The fraction of sp³-hybridized carbons (Fsp3) is 0.333. The molecule has 0 saturated carbocycles. The highest BCUT2D eigenvalue weighted by Gasteiger charge is 2.24. The van der Waals surface area contributed by atoms with E-state index in [0.717, 1.165) is 12.8 Å². The van der Waals surface area contributed by atoms with Crippen molar-refractivity contribution in [3.05, 3.63) is 60.4 Å². The zero-order chi connectivity index (χ0) is 19.8. The molecule has 0 aliphatic carbocycles. The topological polar surface area (TPSA) is 67.9 Å². The molecule has 1 saturated heterocycles. The van der Waals surface area contributed by atoms with Crippen molar-refractivity contribution in [2.24, 2.45) is 5.92 Å². The van der Waals surface area contributed by atoms with E-state index in [1.165, 1.54) is 24.3 Å². The molecule has 6 nitrogen and oxygen atoms in total. The van der Waals surface area contributed by atoms with Gasteiger partial charge < -0.3 is 19.7 Å². The Labute approximate surface area is 163 Å². The summed E-state index contributed by atoms with van der Waals surface area (Å²) in [5.41, 5.74) is 0. The number of halogens is 1. The molecule has 0 unspecified atom stereocenters. The van der Waals surface area contributed by atoms with Crippen LogP contribution in [0.5, 0.6) is 11.5 Å². The highest BCUT2D eigenvalue weighted by molar-refractivity contribution is 5.77. The van der Waals surface area contributed by atoms with Crippen LogP contribution in [0.4, 0.5) is 9.18 Å². The highest BCUT2D eigenvalue weighted by atomic mass is 19.1. The number of nitrogens with one attached hydrogen (secondary N) is 1. The molecule has 1 N–H and O–H groups in total. The van der Waals surface area contributed by atoms with E-state index in [-0.39, 0.29) is 24.4 Å². The van der Waals surface area contributed by atoms with Gasteiger partial charge in [-0.05, 0) is 55.2 Å². The average Bonchev–Trinajstić information content (AvgIpc) is 2.73. The molecule has 7 heteroatoms. The van der Waals surface area contributed by atoms with Gasteiger partial charge in [0, 0.05) is 19.6 Å². The number of ether oxygens (including phenoxy) is 2. The number of carbonyl (C=O) groups excluding carboxylic acids is 2. The number of amides is 2. The molecular formula is C21H23FN2O4. The summed E-state index contributed by atoms with van der Waals surface area (Å²) in [5.74, 6) is 0.700. The monoisotopic (exact) mass is 386 g/mol. The van der Waals surface area contributed by atoms with Crippen LogP contribution in [-0.4, -0.2) is 43.1 Å². The predicted octanol–water partition coefficient (Wildman–Crippen LogP) is 3.23. The summed E-state index contributed by atoms with van der Waals surface area (Å²) in [6.07, 6.45) is 1.24. The SMILES string of the molecule is O=C(COc1ccc(F)cc1)NCC1CCN(C(=O)Oc2ccccc2)CC1. The van der Waals surface area contributed by atoms with Gasteiger partial charge in [-0.3, -0.25) is 4.79 Å². The Morgan fingerprint density at radius 3 is 2.36 bits per heavy atom. The Kier molecular flexibility index (Phi) is 6.84. The smallest absolute Gasteiger partial charge is 0.415 e. The van der Waals surface area contributed by atoms with Crippen molar-refractivity contribution in [3.8, 4) is 11.5 Å². The second kappa shape index (κ2) is 9.73. The van der Waals surface area contributed by atoms with E-state index in [4.69, 9.17) is 9.47 Å². The van der Waals surface area contributed by atoms with Crippen LogP contribution in [0.2, 0.25) is 0 Å². The minimum atomic E-state index is -0.351. The van der Waals surface area contributed by atoms with Gasteiger partial charge in [-0.25, -0.2) is 9.18 Å². The van der Waals surface area contributed by atoms with Gasteiger partial charge in [0.25, 0.3) is 5.91 Å². The molecule has 0 atom stereocenters. The first-order valence-corrected chi connectivity index (χ1v) is 9.27. The predicted molar refractivity (Wildman–Crippen MR) is 102 cm³/mol. The molecule has 0 bridgehead atoms. The van der Waals surface area contributed by atoms with Crippen LogP contribution >= 0.6 is 0 Å². The van der Waals surface area contributed by atoms with E-state index in [2.05, 4.69) is 5.32 Å². The normalized spacial score (nSPS) is 14.4. The van der Waals surface area contributed by atoms with Crippen LogP contribution in [0.25, 0.3) is 0 Å². The molecule has 2 amide bonds. The lowest BCUT2D eigenvalue weighted by Gasteiger charge is -2.31. The number of hydrogen-bond acceptors (Lipinski definition) is 4. The Bertz CT molecular complexity index is 775. The molecule has 3 rings (SSSR count). The number of piperidine rings is 1. The lowest BCUT2D eigenvalue weighted by atomic mass is 9.97. The van der Waals surface area contributed by atoms with E-state index in [0.29, 0.717) is 37.1 Å². The number of likely N-dealkylation sites (tertiary alicyclic amines) is 1. The molecule has 1 aliphatic rings. The van der Waals surface area contributed by atoms with Gasteiger partial charge >= 0.3 is 6.09 Å². The largest absolute Gasteiger partial charge is 0.484 e. The molecule has 1 heterocycles. The third kappa shape index (κ3) is 5.97. The second-order valence-corrected chi connectivity index (χ2v) is 6.66. The third-order valence-corrected chi connectivity index (χ3v) is 4.59. The summed E-state index contributed by atoms with van der Waals surface area (Å²) < 4.78 is 23.5. The average molecular weight is 386 g/mol. The summed E-state index contributed by atoms with van der Waals surface area (Å²) in [6.45, 7) is 1.61. The molecular weight excluding hydrogens is 363 g/mol. The number of nitrogens with zero attached hydrogens (tertiary/aromatic N) is 1. The number of para-hydroxylation sites is 1. The molecule has 2 aromatic rings. The van der Waals surface area contributed by atoms with Crippen molar-refractivity contribution in [3.63, 3.8) is 0 Å². The van der Waals surface area contributed by atoms with Crippen molar-refractivity contribution in [1.82, 2.24) is 10.2 Å². The van der Waals surface area contributed by atoms with E-state index >= 15 is 0 Å². The fourth-order valence-corrected chi connectivity index (χ4v) is 2.96. The maximum absolute atomic E-state index is 12.8. The summed E-state index contributed by atoms with van der Waals surface area (Å²) in [7, 11) is 0. The lowest BCUT2D eigenvalue weighted by Crippen LogP contribution is -2.43. The molecule has 0 aromatic heterocycles. The van der Waals surface area contributed by atoms with Gasteiger partial charge in [-0.1, -0.05) is 18.2 Å². The Balaban J connectivity index is 1.33. The molecule has 0 radical (unpaired) electrons. The number of rotatable bonds is 6. The van der Waals surface area contributed by atoms with Crippen molar-refractivity contribution >= 4 is 12.0 Å². The van der Waals surface area contributed by atoms with Crippen LogP contribution < -0.4 is 14.8 Å². The van der Waals surface area contributed by atoms with Crippen molar-refractivity contribution in [2.75, 3.05) is 26.2 Å². The van der Waals surface area contributed by atoms with Crippen molar-refractivity contribution in [1.29, 1.82) is 0 Å². The summed E-state index contributed by atoms with van der Waals surface area (Å²) in [4.78, 5) is 25.8. The first kappa shape index (κ1) is 19.7. The fourth-order valence-electron chi connectivity index (χ4n) is 2.96. The van der Waals surface area contributed by atoms with Crippen molar-refractivity contribution in [2.45, 2.75) is 12.8 Å². The van der Waals surface area contributed by atoms with E-state index < -0.39 is 0 Å².